The summed E-state index contributed by atoms with van der Waals surface area (Å²) in [4.78, 5) is 11.3. The van der Waals surface area contributed by atoms with Crippen LogP contribution in [-0.4, -0.2) is 30.4 Å². The zero-order valence-electron chi connectivity index (χ0n) is 10.5. The molecule has 0 unspecified atom stereocenters. The van der Waals surface area contributed by atoms with Gasteiger partial charge in [0.2, 0.25) is 0 Å². The Morgan fingerprint density at radius 1 is 1.37 bits per heavy atom. The topological polar surface area (TPSA) is 44.8 Å². The molecule has 0 aromatic heterocycles. The standard InChI is InChI=1S/C15H16O4/c1-2-11-14(15-12(18-11)8-13(16)19-15)17-9-10-6-4-3-5-7-10/h2-7,11-12,14-15H,1,8-9H2/t11-,12+,14+,15-/m1/s1. The van der Waals surface area contributed by atoms with Crippen LogP contribution in [0.15, 0.2) is 43.0 Å². The third-order valence-corrected chi connectivity index (χ3v) is 3.50. The molecule has 0 N–H and O–H groups in total. The van der Waals surface area contributed by atoms with Gasteiger partial charge in [-0.1, -0.05) is 36.4 Å². The molecule has 1 aromatic carbocycles. The fourth-order valence-corrected chi connectivity index (χ4v) is 2.57. The minimum Gasteiger partial charge on any atom is -0.457 e. The van der Waals surface area contributed by atoms with E-state index in [9.17, 15) is 4.79 Å². The second-order valence-corrected chi connectivity index (χ2v) is 4.79. The number of carbonyl (C=O) groups is 1. The summed E-state index contributed by atoms with van der Waals surface area (Å²) < 4.78 is 16.9. The summed E-state index contributed by atoms with van der Waals surface area (Å²) in [6.45, 7) is 4.22. The molecule has 0 aliphatic carbocycles. The summed E-state index contributed by atoms with van der Waals surface area (Å²) in [6, 6.07) is 9.89. The van der Waals surface area contributed by atoms with Crippen molar-refractivity contribution in [3.8, 4) is 0 Å². The number of carbonyl (C=O) groups excluding carboxylic acids is 1. The summed E-state index contributed by atoms with van der Waals surface area (Å²) in [5.74, 6) is -0.217. The molecule has 4 heteroatoms. The lowest BCUT2D eigenvalue weighted by Gasteiger charge is -2.20. The molecule has 0 saturated carbocycles. The highest BCUT2D eigenvalue weighted by atomic mass is 16.6. The minimum atomic E-state index is -0.306. The number of ether oxygens (including phenoxy) is 3. The second-order valence-electron chi connectivity index (χ2n) is 4.79. The fraction of sp³-hybridized carbons (Fsp3) is 0.400. The lowest BCUT2D eigenvalue weighted by atomic mass is 10.1. The lowest BCUT2D eigenvalue weighted by molar-refractivity contribution is -0.147. The van der Waals surface area contributed by atoms with E-state index in [1.807, 2.05) is 30.3 Å². The maximum absolute atomic E-state index is 11.3. The number of rotatable bonds is 4. The molecule has 2 fully saturated rings. The molecule has 0 spiro atoms. The Hall–Kier alpha value is -1.65. The van der Waals surface area contributed by atoms with E-state index in [-0.39, 0.29) is 30.4 Å². The molecule has 3 rings (SSSR count). The normalized spacial score (nSPS) is 32.9. The largest absolute Gasteiger partial charge is 0.457 e. The summed E-state index contributed by atoms with van der Waals surface area (Å²) in [7, 11) is 0. The van der Waals surface area contributed by atoms with E-state index in [2.05, 4.69) is 6.58 Å². The van der Waals surface area contributed by atoms with E-state index in [1.54, 1.807) is 6.08 Å². The van der Waals surface area contributed by atoms with Crippen molar-refractivity contribution < 1.29 is 19.0 Å². The Labute approximate surface area is 112 Å². The summed E-state index contributed by atoms with van der Waals surface area (Å²) >= 11 is 0. The van der Waals surface area contributed by atoms with Gasteiger partial charge in [0.1, 0.15) is 18.3 Å². The molecule has 2 aliphatic heterocycles. The number of fused-ring (bicyclic) bond motifs is 1. The second kappa shape index (κ2) is 5.15. The zero-order chi connectivity index (χ0) is 13.2. The quantitative estimate of drug-likeness (QED) is 0.612. The Kier molecular flexibility index (Phi) is 3.36. The molecule has 2 saturated heterocycles. The monoisotopic (exact) mass is 260 g/mol. The highest BCUT2D eigenvalue weighted by molar-refractivity contribution is 5.73. The fourth-order valence-electron chi connectivity index (χ4n) is 2.57. The Balaban J connectivity index is 1.67. The number of hydrogen-bond donors (Lipinski definition) is 0. The van der Waals surface area contributed by atoms with Crippen LogP contribution in [0.5, 0.6) is 0 Å². The van der Waals surface area contributed by atoms with E-state index >= 15 is 0 Å². The van der Waals surface area contributed by atoms with Crippen LogP contribution in [0, 0.1) is 0 Å². The molecule has 2 heterocycles. The van der Waals surface area contributed by atoms with E-state index in [0.29, 0.717) is 13.0 Å². The number of esters is 1. The maximum atomic E-state index is 11.3. The van der Waals surface area contributed by atoms with Crippen LogP contribution in [0.25, 0.3) is 0 Å². The first-order valence-corrected chi connectivity index (χ1v) is 6.41. The van der Waals surface area contributed by atoms with Crippen molar-refractivity contribution >= 4 is 5.97 Å². The summed E-state index contributed by atoms with van der Waals surface area (Å²) in [5, 5.41) is 0. The molecule has 19 heavy (non-hydrogen) atoms. The molecule has 0 bridgehead atoms. The average Bonchev–Trinajstić information content (AvgIpc) is 2.93. The van der Waals surface area contributed by atoms with Crippen LogP contribution >= 0.6 is 0 Å². The van der Waals surface area contributed by atoms with Gasteiger partial charge in [-0.25, -0.2) is 0 Å². The van der Waals surface area contributed by atoms with Gasteiger partial charge >= 0.3 is 5.97 Å². The van der Waals surface area contributed by atoms with Crippen molar-refractivity contribution in [2.24, 2.45) is 0 Å². The SMILES string of the molecule is C=C[C@H]1O[C@H]2CC(=O)O[C@H]2[C@H]1OCc1ccccc1. The average molecular weight is 260 g/mol. The summed E-state index contributed by atoms with van der Waals surface area (Å²) in [5.41, 5.74) is 1.08. The Bertz CT molecular complexity index is 470. The molecule has 0 amide bonds. The molecular formula is C15H16O4. The first kappa shape index (κ1) is 12.4. The number of benzene rings is 1. The maximum Gasteiger partial charge on any atom is 0.309 e. The van der Waals surface area contributed by atoms with Crippen LogP contribution in [0.4, 0.5) is 0 Å². The third-order valence-electron chi connectivity index (χ3n) is 3.50. The molecule has 100 valence electrons. The zero-order valence-corrected chi connectivity index (χ0v) is 10.5. The van der Waals surface area contributed by atoms with E-state index in [1.165, 1.54) is 0 Å². The smallest absolute Gasteiger partial charge is 0.309 e. The Morgan fingerprint density at radius 2 is 2.16 bits per heavy atom. The number of hydrogen-bond acceptors (Lipinski definition) is 4. The van der Waals surface area contributed by atoms with Crippen molar-refractivity contribution in [1.82, 2.24) is 0 Å². The van der Waals surface area contributed by atoms with Crippen molar-refractivity contribution in [2.45, 2.75) is 37.4 Å². The first-order chi connectivity index (χ1) is 9.28. The minimum absolute atomic E-state index is 0.198. The van der Waals surface area contributed by atoms with Gasteiger partial charge < -0.3 is 14.2 Å². The van der Waals surface area contributed by atoms with Gasteiger partial charge in [-0.3, -0.25) is 4.79 Å². The predicted molar refractivity (Wildman–Crippen MR) is 68.4 cm³/mol. The highest BCUT2D eigenvalue weighted by Crippen LogP contribution is 2.34. The van der Waals surface area contributed by atoms with E-state index in [4.69, 9.17) is 14.2 Å². The van der Waals surface area contributed by atoms with Crippen molar-refractivity contribution in [3.05, 3.63) is 48.6 Å². The molecule has 2 aliphatic rings. The van der Waals surface area contributed by atoms with Crippen LogP contribution < -0.4 is 0 Å². The molecule has 4 nitrogen and oxygen atoms in total. The van der Waals surface area contributed by atoms with Crippen molar-refractivity contribution in [2.75, 3.05) is 0 Å². The van der Waals surface area contributed by atoms with Crippen LogP contribution in [0.2, 0.25) is 0 Å². The highest BCUT2D eigenvalue weighted by Gasteiger charge is 2.51. The molecule has 1 aromatic rings. The van der Waals surface area contributed by atoms with Crippen LogP contribution in [0.1, 0.15) is 12.0 Å². The third kappa shape index (κ3) is 2.41. The van der Waals surface area contributed by atoms with Gasteiger partial charge in [0, 0.05) is 0 Å². The van der Waals surface area contributed by atoms with Gasteiger partial charge in [-0.15, -0.1) is 6.58 Å². The Morgan fingerprint density at radius 3 is 2.89 bits per heavy atom. The van der Waals surface area contributed by atoms with Crippen molar-refractivity contribution in [3.63, 3.8) is 0 Å². The van der Waals surface area contributed by atoms with Crippen LogP contribution in [-0.2, 0) is 25.6 Å². The molecular weight excluding hydrogens is 244 g/mol. The van der Waals surface area contributed by atoms with Gasteiger partial charge in [0.25, 0.3) is 0 Å². The first-order valence-electron chi connectivity index (χ1n) is 6.41. The van der Waals surface area contributed by atoms with E-state index < -0.39 is 0 Å². The van der Waals surface area contributed by atoms with Gasteiger partial charge in [0.05, 0.1) is 13.0 Å². The van der Waals surface area contributed by atoms with Gasteiger partial charge in [0.15, 0.2) is 6.10 Å². The molecule has 4 atom stereocenters. The summed E-state index contributed by atoms with van der Waals surface area (Å²) in [6.07, 6.45) is 1.03. The van der Waals surface area contributed by atoms with Crippen molar-refractivity contribution in [1.29, 1.82) is 0 Å². The van der Waals surface area contributed by atoms with Gasteiger partial charge in [-0.05, 0) is 5.56 Å². The lowest BCUT2D eigenvalue weighted by Crippen LogP contribution is -2.34. The van der Waals surface area contributed by atoms with E-state index in [0.717, 1.165) is 5.56 Å². The van der Waals surface area contributed by atoms with Gasteiger partial charge in [-0.2, -0.15) is 0 Å². The molecule has 0 radical (unpaired) electrons. The van der Waals surface area contributed by atoms with Crippen LogP contribution in [0.3, 0.4) is 0 Å². The predicted octanol–water partition coefficient (Wildman–Crippen LogP) is 1.84.